The molecular weight excluding hydrogens is 302 g/mol. The number of likely N-dealkylation sites (tertiary alicyclic amines) is 1. The Balaban J connectivity index is 1.41. The molecule has 5 rings (SSSR count). The van der Waals surface area contributed by atoms with E-state index < -0.39 is 0 Å². The van der Waals surface area contributed by atoms with Gasteiger partial charge in [0, 0.05) is 24.8 Å². The Morgan fingerprint density at radius 1 is 1.08 bits per heavy atom. The van der Waals surface area contributed by atoms with Crippen molar-refractivity contribution < 1.29 is 4.79 Å². The van der Waals surface area contributed by atoms with E-state index in [4.69, 9.17) is 0 Å². The summed E-state index contributed by atoms with van der Waals surface area (Å²) in [5.41, 5.74) is 1.63. The van der Waals surface area contributed by atoms with Crippen LogP contribution in [0.3, 0.4) is 0 Å². The van der Waals surface area contributed by atoms with E-state index in [9.17, 15) is 4.79 Å². The number of nitrogens with one attached hydrogen (secondary N) is 1. The second kappa shape index (κ2) is 5.06. The molecule has 2 aliphatic rings. The maximum atomic E-state index is 12.7. The summed E-state index contributed by atoms with van der Waals surface area (Å²) in [7, 11) is 0. The molecule has 2 atom stereocenters. The number of carbonyl (C=O) groups excluding carboxylic acids is 1. The van der Waals surface area contributed by atoms with Gasteiger partial charge in [0.25, 0.3) is 5.91 Å². The second-order valence-electron chi connectivity index (χ2n) is 6.46. The monoisotopic (exact) mass is 319 g/mol. The van der Waals surface area contributed by atoms with Crippen molar-refractivity contribution in [3.63, 3.8) is 0 Å². The van der Waals surface area contributed by atoms with Gasteiger partial charge < -0.3 is 14.8 Å². The van der Waals surface area contributed by atoms with Crippen molar-refractivity contribution in [3.05, 3.63) is 54.5 Å². The number of hydrogen-bond donors (Lipinski definition) is 1. The normalized spacial score (nSPS) is 22.5. The van der Waals surface area contributed by atoms with E-state index in [0.29, 0.717) is 6.04 Å². The molecule has 2 aromatic heterocycles. The van der Waals surface area contributed by atoms with Gasteiger partial charge >= 0.3 is 0 Å². The molecule has 2 aliphatic heterocycles. The summed E-state index contributed by atoms with van der Waals surface area (Å²) in [5.74, 6) is 1.11. The molecule has 1 amide bonds. The molecule has 24 heavy (non-hydrogen) atoms. The number of aromatic nitrogens is 3. The van der Waals surface area contributed by atoms with Gasteiger partial charge in [-0.3, -0.25) is 4.79 Å². The van der Waals surface area contributed by atoms with Crippen LogP contribution in [0, 0.1) is 0 Å². The summed E-state index contributed by atoms with van der Waals surface area (Å²) in [6, 6.07) is 12.1. The molecule has 1 aromatic carbocycles. The maximum Gasteiger partial charge on any atom is 0.254 e. The summed E-state index contributed by atoms with van der Waals surface area (Å²) in [4.78, 5) is 29.0. The lowest BCUT2D eigenvalue weighted by Gasteiger charge is -2.35. The highest BCUT2D eigenvalue weighted by Crippen LogP contribution is 2.36. The van der Waals surface area contributed by atoms with Crippen LogP contribution in [0.4, 0.5) is 5.82 Å². The predicted octanol–water partition coefficient (Wildman–Crippen LogP) is 2.06. The highest BCUT2D eigenvalue weighted by molar-refractivity contribution is 5.95. The maximum absolute atomic E-state index is 12.7. The van der Waals surface area contributed by atoms with Crippen molar-refractivity contribution in [2.45, 2.75) is 18.5 Å². The Hall–Kier alpha value is -2.89. The number of H-pyrrole nitrogens is 1. The average molecular weight is 319 g/mol. The lowest BCUT2D eigenvalue weighted by atomic mass is 10.1. The van der Waals surface area contributed by atoms with Crippen LogP contribution in [0.1, 0.15) is 16.8 Å². The Labute approximate surface area is 139 Å². The number of aromatic amines is 1. The summed E-state index contributed by atoms with van der Waals surface area (Å²) >= 11 is 0. The molecule has 0 aliphatic carbocycles. The molecule has 2 saturated heterocycles. The van der Waals surface area contributed by atoms with Crippen LogP contribution < -0.4 is 4.90 Å². The Morgan fingerprint density at radius 2 is 1.96 bits per heavy atom. The van der Waals surface area contributed by atoms with Crippen LogP contribution in [0.25, 0.3) is 11.0 Å². The molecule has 0 radical (unpaired) electrons. The van der Waals surface area contributed by atoms with Crippen LogP contribution >= 0.6 is 0 Å². The minimum Gasteiger partial charge on any atom is -0.349 e. The molecule has 120 valence electrons. The molecule has 1 N–H and O–H groups in total. The summed E-state index contributed by atoms with van der Waals surface area (Å²) in [6.45, 7) is 1.59. The lowest BCUT2D eigenvalue weighted by molar-refractivity contribution is 0.0725. The number of fused-ring (bicyclic) bond motifs is 3. The molecular formula is C18H17N5O. The van der Waals surface area contributed by atoms with Crippen LogP contribution in [-0.4, -0.2) is 50.9 Å². The van der Waals surface area contributed by atoms with Crippen LogP contribution in [0.15, 0.2) is 48.9 Å². The Kier molecular flexibility index (Phi) is 2.85. The van der Waals surface area contributed by atoms with Crippen LogP contribution in [-0.2, 0) is 0 Å². The predicted molar refractivity (Wildman–Crippen MR) is 90.9 cm³/mol. The van der Waals surface area contributed by atoms with E-state index in [2.05, 4.69) is 19.9 Å². The van der Waals surface area contributed by atoms with E-state index in [-0.39, 0.29) is 11.9 Å². The minimum atomic E-state index is 0.136. The smallest absolute Gasteiger partial charge is 0.254 e. The van der Waals surface area contributed by atoms with E-state index in [1.54, 1.807) is 6.33 Å². The second-order valence-corrected chi connectivity index (χ2v) is 6.46. The highest BCUT2D eigenvalue weighted by atomic mass is 16.2. The first kappa shape index (κ1) is 13.5. The molecule has 6 heteroatoms. The Morgan fingerprint density at radius 3 is 2.75 bits per heavy atom. The van der Waals surface area contributed by atoms with Gasteiger partial charge in [0.2, 0.25) is 0 Å². The fraction of sp³-hybridized carbons (Fsp3) is 0.278. The van der Waals surface area contributed by atoms with Crippen molar-refractivity contribution in [2.75, 3.05) is 18.0 Å². The van der Waals surface area contributed by atoms with E-state index in [0.717, 1.165) is 41.9 Å². The van der Waals surface area contributed by atoms with Gasteiger partial charge in [-0.15, -0.1) is 0 Å². The van der Waals surface area contributed by atoms with Crippen molar-refractivity contribution in [2.24, 2.45) is 0 Å². The quantitative estimate of drug-likeness (QED) is 0.785. The number of piperazine rings is 1. The average Bonchev–Trinajstić information content (AvgIpc) is 3.36. The van der Waals surface area contributed by atoms with Gasteiger partial charge in [0.05, 0.1) is 17.5 Å². The number of nitrogens with zero attached hydrogens (tertiary/aromatic N) is 4. The molecule has 6 nitrogen and oxygen atoms in total. The largest absolute Gasteiger partial charge is 0.349 e. The van der Waals surface area contributed by atoms with Crippen LogP contribution in [0.5, 0.6) is 0 Å². The molecule has 0 saturated carbocycles. The standard InChI is InChI=1S/C18H17N5O/c24-18(12-4-2-1-3-5-12)23-10-13-8-14(23)9-22(13)17-15-6-7-19-16(15)20-11-21-17/h1-7,11,13-14H,8-10H2,(H,19,20,21). The highest BCUT2D eigenvalue weighted by Gasteiger charge is 2.46. The topological polar surface area (TPSA) is 65.1 Å². The van der Waals surface area contributed by atoms with Gasteiger partial charge in [0.15, 0.2) is 0 Å². The van der Waals surface area contributed by atoms with Crippen molar-refractivity contribution >= 4 is 22.8 Å². The number of carbonyl (C=O) groups is 1. The van der Waals surface area contributed by atoms with Gasteiger partial charge in [0.1, 0.15) is 17.8 Å². The number of anilines is 1. The molecule has 3 aromatic rings. The summed E-state index contributed by atoms with van der Waals surface area (Å²) in [5, 5.41) is 1.05. The number of amides is 1. The zero-order valence-electron chi connectivity index (χ0n) is 13.1. The van der Waals surface area contributed by atoms with Gasteiger partial charge in [-0.1, -0.05) is 18.2 Å². The van der Waals surface area contributed by atoms with Crippen molar-refractivity contribution in [1.29, 1.82) is 0 Å². The molecule has 0 spiro atoms. The van der Waals surface area contributed by atoms with E-state index in [1.165, 1.54) is 0 Å². The third kappa shape index (κ3) is 1.92. The van der Waals surface area contributed by atoms with E-state index >= 15 is 0 Å². The fourth-order valence-electron chi connectivity index (χ4n) is 4.01. The van der Waals surface area contributed by atoms with Gasteiger partial charge in [-0.05, 0) is 24.6 Å². The lowest BCUT2D eigenvalue weighted by Crippen LogP contribution is -2.49. The first-order valence-corrected chi connectivity index (χ1v) is 8.22. The number of hydrogen-bond acceptors (Lipinski definition) is 4. The van der Waals surface area contributed by atoms with Crippen LogP contribution in [0.2, 0.25) is 0 Å². The Bertz CT molecular complexity index is 906. The summed E-state index contributed by atoms with van der Waals surface area (Å²) in [6.07, 6.45) is 4.50. The SMILES string of the molecule is O=C(c1ccccc1)N1CC2CC1CN2c1ncnc2[nH]ccc12. The van der Waals surface area contributed by atoms with Crippen molar-refractivity contribution in [3.8, 4) is 0 Å². The van der Waals surface area contributed by atoms with Gasteiger partial charge in [-0.2, -0.15) is 0 Å². The summed E-state index contributed by atoms with van der Waals surface area (Å²) < 4.78 is 0. The molecule has 2 fully saturated rings. The first-order valence-electron chi connectivity index (χ1n) is 8.22. The zero-order chi connectivity index (χ0) is 16.1. The zero-order valence-corrected chi connectivity index (χ0v) is 13.1. The van der Waals surface area contributed by atoms with Crippen molar-refractivity contribution in [1.82, 2.24) is 19.9 Å². The third-order valence-electron chi connectivity index (χ3n) is 5.13. The first-order chi connectivity index (χ1) is 11.8. The van der Waals surface area contributed by atoms with Gasteiger partial charge in [-0.25, -0.2) is 9.97 Å². The molecule has 2 bridgehead atoms. The fourth-order valence-corrected chi connectivity index (χ4v) is 4.01. The molecule has 4 heterocycles. The molecule has 2 unspecified atom stereocenters. The third-order valence-corrected chi connectivity index (χ3v) is 5.13. The number of benzene rings is 1. The van der Waals surface area contributed by atoms with E-state index in [1.807, 2.05) is 47.5 Å². The number of rotatable bonds is 2. The minimum absolute atomic E-state index is 0.136.